The number of benzene rings is 7. The van der Waals surface area contributed by atoms with Crippen LogP contribution in [0.3, 0.4) is 0 Å². The van der Waals surface area contributed by atoms with Crippen molar-refractivity contribution in [3.8, 4) is 11.1 Å². The molecule has 8 rings (SSSR count). The SMILES string of the molecule is CCCC(=O)N(C(c1ccccc1)(c1ccccc1)c1ccccc1)S(=O)(=O)c1ccccc1-c1ccc(CNC(OC(=O)C2CCCN2)(C(=O)Cc2ccccc2)C(=O)Cc2ccccc2)cc1. The number of rotatable bonds is 20. The molecule has 1 aliphatic heterocycles. The summed E-state index contributed by atoms with van der Waals surface area (Å²) in [6.45, 7) is 2.38. The Bertz CT molecular complexity index is 2820. The third kappa shape index (κ3) is 10.3. The predicted octanol–water partition coefficient (Wildman–Crippen LogP) is 9.37. The molecule has 350 valence electrons. The molecule has 0 spiro atoms. The quantitative estimate of drug-likeness (QED) is 0.0331. The van der Waals surface area contributed by atoms with E-state index in [1.807, 2.05) is 110 Å². The number of carbonyl (C=O) groups excluding carboxylic acids is 4. The lowest BCUT2D eigenvalue weighted by atomic mass is 9.76. The topological polar surface area (TPSA) is 139 Å². The number of hydrogen-bond acceptors (Lipinski definition) is 9. The largest absolute Gasteiger partial charge is 0.427 e. The lowest BCUT2D eigenvalue weighted by Gasteiger charge is -2.44. The molecule has 1 aliphatic rings. The first-order valence-corrected chi connectivity index (χ1v) is 24.8. The maximum Gasteiger partial charge on any atom is 0.325 e. The Hall–Kier alpha value is -7.31. The molecule has 7 aromatic carbocycles. The number of ketones is 2. The van der Waals surface area contributed by atoms with Gasteiger partial charge in [0.1, 0.15) is 11.6 Å². The summed E-state index contributed by atoms with van der Waals surface area (Å²) in [5.41, 5.74) is 0.640. The maximum absolute atomic E-state index is 15.8. The normalized spacial score (nSPS) is 13.9. The van der Waals surface area contributed by atoms with Crippen molar-refractivity contribution in [3.63, 3.8) is 0 Å². The van der Waals surface area contributed by atoms with E-state index in [-0.39, 0.29) is 30.7 Å². The van der Waals surface area contributed by atoms with Gasteiger partial charge in [-0.25, -0.2) is 12.7 Å². The molecule has 0 aromatic heterocycles. The van der Waals surface area contributed by atoms with Crippen LogP contribution in [0.4, 0.5) is 0 Å². The van der Waals surface area contributed by atoms with Crippen LogP contribution in [0.15, 0.2) is 205 Å². The highest BCUT2D eigenvalue weighted by atomic mass is 32.2. The minimum atomic E-state index is -4.69. The van der Waals surface area contributed by atoms with Gasteiger partial charge < -0.3 is 10.1 Å². The first-order valence-electron chi connectivity index (χ1n) is 23.4. The van der Waals surface area contributed by atoms with E-state index in [2.05, 4.69) is 10.6 Å². The molecule has 1 saturated heterocycles. The third-order valence-corrected chi connectivity index (χ3v) is 14.5. The number of Topliss-reactive ketones (excluding diaryl/α,β-unsaturated/α-hetero) is 2. The van der Waals surface area contributed by atoms with E-state index < -0.39 is 50.8 Å². The third-order valence-electron chi connectivity index (χ3n) is 12.6. The molecule has 2 N–H and O–H groups in total. The minimum absolute atomic E-state index is 0.0347. The van der Waals surface area contributed by atoms with Crippen LogP contribution in [-0.2, 0) is 58.9 Å². The van der Waals surface area contributed by atoms with Crippen molar-refractivity contribution in [3.05, 3.63) is 234 Å². The highest BCUT2D eigenvalue weighted by molar-refractivity contribution is 7.89. The standard InChI is InChI=1S/C58H55N3O7S/c1-2-21-55(64)61(57(47-26-12-5-13-27-47,48-28-14-6-15-29-48)49-30-16-7-17-31-49)69(66,67)52-34-19-18-32-50(52)46-37-35-45(36-38-46)42-60-58(68-56(65)51-33-20-39-59-51,53(62)40-43-22-8-3-9-23-43)54(63)41-44-24-10-4-11-25-44/h3-19,22-32,34-38,51,59-60H,2,20-21,33,39-42H2,1H3. The highest BCUT2D eigenvalue weighted by Gasteiger charge is 2.52. The van der Waals surface area contributed by atoms with E-state index in [0.717, 1.165) is 10.7 Å². The van der Waals surface area contributed by atoms with Crippen LogP contribution in [0.25, 0.3) is 11.1 Å². The zero-order valence-corrected chi connectivity index (χ0v) is 39.3. The average Bonchev–Trinajstić information content (AvgIpc) is 3.94. The zero-order chi connectivity index (χ0) is 48.3. The maximum atomic E-state index is 15.8. The number of esters is 1. The van der Waals surface area contributed by atoms with Gasteiger partial charge in [0.05, 0.1) is 4.90 Å². The van der Waals surface area contributed by atoms with Gasteiger partial charge in [0.15, 0.2) is 0 Å². The average molecular weight is 938 g/mol. The van der Waals surface area contributed by atoms with Crippen molar-refractivity contribution in [2.24, 2.45) is 0 Å². The molecule has 0 aliphatic carbocycles. The first-order chi connectivity index (χ1) is 33.6. The fraction of sp³-hybridized carbons (Fsp3) is 0.207. The van der Waals surface area contributed by atoms with Gasteiger partial charge >= 0.3 is 5.97 Å². The Labute approximate surface area is 404 Å². The molecule has 69 heavy (non-hydrogen) atoms. The van der Waals surface area contributed by atoms with E-state index in [9.17, 15) is 19.2 Å². The molecule has 1 unspecified atom stereocenters. The van der Waals surface area contributed by atoms with E-state index >= 15 is 8.42 Å². The van der Waals surface area contributed by atoms with Crippen LogP contribution in [-0.4, -0.2) is 54.5 Å². The van der Waals surface area contributed by atoms with E-state index in [0.29, 0.717) is 63.9 Å². The van der Waals surface area contributed by atoms with Gasteiger partial charge in [-0.2, -0.15) is 0 Å². The van der Waals surface area contributed by atoms with Gasteiger partial charge in [0.25, 0.3) is 15.7 Å². The summed E-state index contributed by atoms with van der Waals surface area (Å²) in [6.07, 6.45) is 1.26. The minimum Gasteiger partial charge on any atom is -0.427 e. The summed E-state index contributed by atoms with van der Waals surface area (Å²) in [5.74, 6) is -2.49. The van der Waals surface area contributed by atoms with Crippen molar-refractivity contribution in [1.82, 2.24) is 14.9 Å². The summed E-state index contributed by atoms with van der Waals surface area (Å²) in [6, 6.07) is 58.8. The number of nitrogens with zero attached hydrogens (tertiary/aromatic N) is 1. The van der Waals surface area contributed by atoms with Crippen LogP contribution in [0, 0.1) is 0 Å². The molecule has 10 nitrogen and oxygen atoms in total. The van der Waals surface area contributed by atoms with Gasteiger partial charge in [0.2, 0.25) is 17.5 Å². The lowest BCUT2D eigenvalue weighted by molar-refractivity contribution is -0.178. The van der Waals surface area contributed by atoms with Gasteiger partial charge in [0, 0.05) is 31.4 Å². The molecule has 1 atom stereocenters. The number of hydrogen-bond donors (Lipinski definition) is 2. The van der Waals surface area contributed by atoms with Gasteiger partial charge in [-0.3, -0.25) is 24.5 Å². The molecular formula is C58H55N3O7S. The molecule has 0 radical (unpaired) electrons. The summed E-state index contributed by atoms with van der Waals surface area (Å²) in [7, 11) is -4.69. The molecule has 1 amide bonds. The summed E-state index contributed by atoms with van der Waals surface area (Å²) >= 11 is 0. The number of nitrogens with one attached hydrogen (secondary N) is 2. The number of sulfonamides is 1. The Morgan fingerprint density at radius 2 is 1.07 bits per heavy atom. The van der Waals surface area contributed by atoms with Crippen molar-refractivity contribution >= 4 is 33.5 Å². The molecule has 0 bridgehead atoms. The van der Waals surface area contributed by atoms with Crippen LogP contribution < -0.4 is 10.6 Å². The summed E-state index contributed by atoms with van der Waals surface area (Å²) < 4.78 is 38.9. The Morgan fingerprint density at radius 3 is 1.54 bits per heavy atom. The Morgan fingerprint density at radius 1 is 0.609 bits per heavy atom. The monoisotopic (exact) mass is 937 g/mol. The lowest BCUT2D eigenvalue weighted by Crippen LogP contribution is -2.63. The fourth-order valence-electron chi connectivity index (χ4n) is 9.19. The molecule has 11 heteroatoms. The molecule has 0 saturated carbocycles. The van der Waals surface area contributed by atoms with Crippen molar-refractivity contribution in [2.45, 2.75) is 74.2 Å². The number of amides is 1. The van der Waals surface area contributed by atoms with Crippen LogP contribution in [0.2, 0.25) is 0 Å². The van der Waals surface area contributed by atoms with Gasteiger partial charge in [-0.15, -0.1) is 0 Å². The van der Waals surface area contributed by atoms with Crippen molar-refractivity contribution < 1.29 is 32.3 Å². The molecule has 1 fully saturated rings. The Kier molecular flexibility index (Phi) is 15.2. The van der Waals surface area contributed by atoms with E-state index in [4.69, 9.17) is 4.74 Å². The van der Waals surface area contributed by atoms with Crippen LogP contribution >= 0.6 is 0 Å². The van der Waals surface area contributed by atoms with Crippen molar-refractivity contribution in [2.75, 3.05) is 6.54 Å². The smallest absolute Gasteiger partial charge is 0.325 e. The molecule has 1 heterocycles. The van der Waals surface area contributed by atoms with E-state index in [1.54, 1.807) is 91.0 Å². The summed E-state index contributed by atoms with van der Waals surface area (Å²) in [5, 5.41) is 6.26. The molecule has 7 aromatic rings. The van der Waals surface area contributed by atoms with Gasteiger partial charge in [-0.1, -0.05) is 201 Å². The first kappa shape index (κ1) is 48.2. The second-order valence-corrected chi connectivity index (χ2v) is 18.9. The fourth-order valence-corrected chi connectivity index (χ4v) is 11.1. The molecular weight excluding hydrogens is 883 g/mol. The number of carbonyl (C=O) groups is 4. The zero-order valence-electron chi connectivity index (χ0n) is 38.5. The van der Waals surface area contributed by atoms with Crippen LogP contribution in [0.1, 0.15) is 66.0 Å². The second-order valence-electron chi connectivity index (χ2n) is 17.2. The van der Waals surface area contributed by atoms with Gasteiger partial charge in [-0.05, 0) is 70.8 Å². The summed E-state index contributed by atoms with van der Waals surface area (Å²) in [4.78, 5) is 57.9. The highest BCUT2D eigenvalue weighted by Crippen LogP contribution is 2.47. The Balaban J connectivity index is 1.18. The number of ether oxygens (including phenoxy) is 1. The van der Waals surface area contributed by atoms with E-state index in [1.165, 1.54) is 6.07 Å². The van der Waals surface area contributed by atoms with Crippen LogP contribution in [0.5, 0.6) is 0 Å². The predicted molar refractivity (Wildman–Crippen MR) is 267 cm³/mol. The van der Waals surface area contributed by atoms with Crippen molar-refractivity contribution in [1.29, 1.82) is 0 Å². The second kappa shape index (κ2) is 21.8.